The Bertz CT molecular complexity index is 622. The summed E-state index contributed by atoms with van der Waals surface area (Å²) in [5.74, 6) is 0. The number of aromatic nitrogens is 3. The van der Waals surface area contributed by atoms with E-state index in [1.165, 1.54) is 21.1 Å². The summed E-state index contributed by atoms with van der Waals surface area (Å²) in [5.41, 5.74) is 1.05. The van der Waals surface area contributed by atoms with Crippen molar-refractivity contribution in [3.63, 3.8) is 0 Å². The summed E-state index contributed by atoms with van der Waals surface area (Å²) in [6.07, 6.45) is 1.82. The second-order valence-corrected chi connectivity index (χ2v) is 5.81. The van der Waals surface area contributed by atoms with Gasteiger partial charge in [0.1, 0.15) is 6.10 Å². The predicted molar refractivity (Wildman–Crippen MR) is 81.9 cm³/mol. The van der Waals surface area contributed by atoms with Gasteiger partial charge in [-0.25, -0.2) is 4.79 Å². The third-order valence-electron chi connectivity index (χ3n) is 3.03. The SMILES string of the molecule is CC(Oc1nnc(N(C)C(=O)N(C)C)s1)c1cccn1C. The van der Waals surface area contributed by atoms with Crippen LogP contribution in [-0.4, -0.2) is 46.8 Å². The highest BCUT2D eigenvalue weighted by Crippen LogP contribution is 2.29. The van der Waals surface area contributed by atoms with Crippen molar-refractivity contribution in [1.82, 2.24) is 19.7 Å². The van der Waals surface area contributed by atoms with Crippen molar-refractivity contribution in [2.24, 2.45) is 7.05 Å². The van der Waals surface area contributed by atoms with Crippen LogP contribution < -0.4 is 9.64 Å². The number of carbonyl (C=O) groups is 1. The maximum absolute atomic E-state index is 11.9. The average molecular weight is 309 g/mol. The minimum Gasteiger partial charge on any atom is -0.459 e. The Labute approximate surface area is 127 Å². The maximum atomic E-state index is 11.9. The fourth-order valence-corrected chi connectivity index (χ4v) is 2.60. The molecule has 21 heavy (non-hydrogen) atoms. The Kier molecular flexibility index (Phi) is 4.46. The zero-order chi connectivity index (χ0) is 15.6. The molecular formula is C13H19N5O2S. The van der Waals surface area contributed by atoms with Crippen molar-refractivity contribution in [3.05, 3.63) is 24.0 Å². The molecule has 0 saturated heterocycles. The van der Waals surface area contributed by atoms with Crippen LogP contribution in [0.25, 0.3) is 0 Å². The molecule has 114 valence electrons. The molecule has 8 heteroatoms. The molecule has 2 amide bonds. The highest BCUT2D eigenvalue weighted by molar-refractivity contribution is 7.17. The van der Waals surface area contributed by atoms with Crippen LogP contribution in [0.15, 0.2) is 18.3 Å². The normalized spacial score (nSPS) is 12.0. The molecule has 0 N–H and O–H groups in total. The highest BCUT2D eigenvalue weighted by atomic mass is 32.1. The molecule has 0 saturated carbocycles. The van der Waals surface area contributed by atoms with E-state index in [0.717, 1.165) is 5.69 Å². The quantitative estimate of drug-likeness (QED) is 0.868. The summed E-state index contributed by atoms with van der Waals surface area (Å²) < 4.78 is 7.78. The van der Waals surface area contributed by atoms with E-state index >= 15 is 0 Å². The third kappa shape index (κ3) is 3.33. The monoisotopic (exact) mass is 309 g/mol. The molecule has 0 bridgehead atoms. The van der Waals surface area contributed by atoms with Crippen LogP contribution >= 0.6 is 11.3 Å². The van der Waals surface area contributed by atoms with E-state index in [1.807, 2.05) is 36.9 Å². The molecular weight excluding hydrogens is 290 g/mol. The van der Waals surface area contributed by atoms with Crippen molar-refractivity contribution in [2.75, 3.05) is 26.0 Å². The number of nitrogens with zero attached hydrogens (tertiary/aromatic N) is 5. The van der Waals surface area contributed by atoms with Gasteiger partial charge in [0.2, 0.25) is 5.13 Å². The van der Waals surface area contributed by atoms with E-state index in [2.05, 4.69) is 10.2 Å². The summed E-state index contributed by atoms with van der Waals surface area (Å²) in [7, 11) is 7.00. The van der Waals surface area contributed by atoms with Crippen molar-refractivity contribution < 1.29 is 9.53 Å². The fraction of sp³-hybridized carbons (Fsp3) is 0.462. The maximum Gasteiger partial charge on any atom is 0.325 e. The molecule has 2 rings (SSSR count). The lowest BCUT2D eigenvalue weighted by molar-refractivity contribution is 0.215. The Hall–Kier alpha value is -2.09. The number of amides is 2. The number of hydrogen-bond donors (Lipinski definition) is 0. The summed E-state index contributed by atoms with van der Waals surface area (Å²) >= 11 is 1.24. The first-order valence-corrected chi connectivity index (χ1v) is 7.28. The average Bonchev–Trinajstić information content (AvgIpc) is 3.05. The first kappa shape index (κ1) is 15.3. The Morgan fingerprint density at radius 3 is 2.67 bits per heavy atom. The summed E-state index contributed by atoms with van der Waals surface area (Å²) in [5, 5.41) is 8.92. The second-order valence-electron chi connectivity index (χ2n) is 4.89. The number of carbonyl (C=O) groups excluding carboxylic acids is 1. The molecule has 7 nitrogen and oxygen atoms in total. The van der Waals surface area contributed by atoms with Gasteiger partial charge in [-0.15, -0.1) is 5.10 Å². The molecule has 0 aromatic carbocycles. The molecule has 0 fully saturated rings. The Morgan fingerprint density at radius 2 is 2.10 bits per heavy atom. The van der Waals surface area contributed by atoms with Crippen LogP contribution in [0, 0.1) is 0 Å². The van der Waals surface area contributed by atoms with Gasteiger partial charge in [-0.3, -0.25) is 4.90 Å². The number of urea groups is 1. The molecule has 2 aromatic rings. The number of hydrogen-bond acceptors (Lipinski definition) is 5. The van der Waals surface area contributed by atoms with Crippen molar-refractivity contribution >= 4 is 22.5 Å². The van der Waals surface area contributed by atoms with Gasteiger partial charge in [0.15, 0.2) is 0 Å². The fourth-order valence-electron chi connectivity index (χ4n) is 1.88. The molecule has 1 unspecified atom stereocenters. The lowest BCUT2D eigenvalue weighted by Crippen LogP contribution is -2.36. The molecule has 0 radical (unpaired) electrons. The topological polar surface area (TPSA) is 63.5 Å². The molecule has 0 aliphatic carbocycles. The molecule has 0 aliphatic rings. The van der Waals surface area contributed by atoms with E-state index in [-0.39, 0.29) is 12.1 Å². The zero-order valence-corrected chi connectivity index (χ0v) is 13.6. The summed E-state index contributed by atoms with van der Waals surface area (Å²) in [6, 6.07) is 3.80. The van der Waals surface area contributed by atoms with E-state index in [1.54, 1.807) is 21.1 Å². The van der Waals surface area contributed by atoms with E-state index in [0.29, 0.717) is 10.3 Å². The van der Waals surface area contributed by atoms with Crippen LogP contribution in [0.1, 0.15) is 18.7 Å². The largest absolute Gasteiger partial charge is 0.459 e. The van der Waals surface area contributed by atoms with Crippen LogP contribution in [0.3, 0.4) is 0 Å². The van der Waals surface area contributed by atoms with E-state index in [9.17, 15) is 4.79 Å². The first-order valence-electron chi connectivity index (χ1n) is 6.46. The van der Waals surface area contributed by atoms with Gasteiger partial charge in [-0.1, -0.05) is 5.10 Å². The van der Waals surface area contributed by atoms with Gasteiger partial charge >= 0.3 is 6.03 Å². The second kappa shape index (κ2) is 6.13. The number of aryl methyl sites for hydroxylation is 1. The zero-order valence-electron chi connectivity index (χ0n) is 12.8. The van der Waals surface area contributed by atoms with Crippen LogP contribution in [0.2, 0.25) is 0 Å². The number of ether oxygens (including phenoxy) is 1. The van der Waals surface area contributed by atoms with Gasteiger partial charge in [0.25, 0.3) is 5.19 Å². The Balaban J connectivity index is 2.07. The van der Waals surface area contributed by atoms with Gasteiger partial charge in [0.05, 0.1) is 5.69 Å². The van der Waals surface area contributed by atoms with Crippen molar-refractivity contribution in [3.8, 4) is 5.19 Å². The lowest BCUT2D eigenvalue weighted by atomic mass is 10.3. The van der Waals surface area contributed by atoms with Crippen LogP contribution in [0.4, 0.5) is 9.93 Å². The Morgan fingerprint density at radius 1 is 1.38 bits per heavy atom. The van der Waals surface area contributed by atoms with E-state index in [4.69, 9.17) is 4.74 Å². The van der Waals surface area contributed by atoms with E-state index < -0.39 is 0 Å². The van der Waals surface area contributed by atoms with Gasteiger partial charge in [0, 0.05) is 34.4 Å². The first-order chi connectivity index (χ1) is 9.90. The lowest BCUT2D eigenvalue weighted by Gasteiger charge is -2.18. The van der Waals surface area contributed by atoms with Gasteiger partial charge < -0.3 is 14.2 Å². The molecule has 0 aliphatic heterocycles. The molecule has 2 aromatic heterocycles. The number of rotatable bonds is 4. The minimum atomic E-state index is -0.159. The standard InChI is InChI=1S/C13H19N5O2S/c1-9(10-7-6-8-17(10)4)20-12-15-14-11(21-12)18(5)13(19)16(2)3/h6-9H,1-5H3. The van der Waals surface area contributed by atoms with Crippen molar-refractivity contribution in [1.29, 1.82) is 0 Å². The summed E-state index contributed by atoms with van der Waals surface area (Å²) in [6.45, 7) is 1.95. The molecule has 2 heterocycles. The van der Waals surface area contributed by atoms with Gasteiger partial charge in [-0.2, -0.15) is 0 Å². The number of anilines is 1. The third-order valence-corrected chi connectivity index (χ3v) is 3.92. The highest BCUT2D eigenvalue weighted by Gasteiger charge is 2.19. The molecule has 0 spiro atoms. The summed E-state index contributed by atoms with van der Waals surface area (Å²) in [4.78, 5) is 14.8. The van der Waals surface area contributed by atoms with Crippen LogP contribution in [0.5, 0.6) is 5.19 Å². The predicted octanol–water partition coefficient (Wildman–Crippen LogP) is 2.13. The van der Waals surface area contributed by atoms with Crippen LogP contribution in [-0.2, 0) is 7.05 Å². The van der Waals surface area contributed by atoms with Gasteiger partial charge in [-0.05, 0) is 30.4 Å². The molecule has 1 atom stereocenters. The van der Waals surface area contributed by atoms with Crippen molar-refractivity contribution in [2.45, 2.75) is 13.0 Å². The smallest absolute Gasteiger partial charge is 0.325 e. The minimum absolute atomic E-state index is 0.138.